The lowest BCUT2D eigenvalue weighted by Gasteiger charge is -2.41. The number of carbonyl (C=O) groups is 1. The first-order valence-corrected chi connectivity index (χ1v) is 8.22. The maximum atomic E-state index is 12.2. The van der Waals surface area contributed by atoms with Crippen LogP contribution in [0.4, 0.5) is 0 Å². The summed E-state index contributed by atoms with van der Waals surface area (Å²) in [5.74, 6) is -0.0996. The van der Waals surface area contributed by atoms with Gasteiger partial charge in [-0.2, -0.15) is 4.31 Å². The van der Waals surface area contributed by atoms with Gasteiger partial charge in [-0.05, 0) is 32.1 Å². The van der Waals surface area contributed by atoms with Crippen molar-refractivity contribution in [3.8, 4) is 0 Å². The summed E-state index contributed by atoms with van der Waals surface area (Å²) in [6, 6.07) is 0. The van der Waals surface area contributed by atoms with Gasteiger partial charge in [0.15, 0.2) is 0 Å². The van der Waals surface area contributed by atoms with E-state index in [1.54, 1.807) is 13.8 Å². The quantitative estimate of drug-likeness (QED) is 0.811. The molecule has 0 bridgehead atoms. The number of hydrogen-bond donors (Lipinski definition) is 1. The second-order valence-electron chi connectivity index (χ2n) is 6.20. The number of aliphatic carboxylic acids is 1. The molecule has 7 heteroatoms. The van der Waals surface area contributed by atoms with E-state index < -0.39 is 21.5 Å². The molecule has 1 aliphatic carbocycles. The van der Waals surface area contributed by atoms with Gasteiger partial charge in [0.25, 0.3) is 0 Å². The Balaban J connectivity index is 2.05. The van der Waals surface area contributed by atoms with Crippen LogP contribution in [-0.4, -0.2) is 59.7 Å². The van der Waals surface area contributed by atoms with Crippen LogP contribution in [0.25, 0.3) is 0 Å². The second-order valence-corrected chi connectivity index (χ2v) is 8.14. The lowest BCUT2D eigenvalue weighted by molar-refractivity contribution is -0.149. The van der Waals surface area contributed by atoms with Crippen LogP contribution >= 0.6 is 0 Å². The van der Waals surface area contributed by atoms with E-state index in [4.69, 9.17) is 5.11 Å². The van der Waals surface area contributed by atoms with Crippen molar-refractivity contribution < 1.29 is 18.3 Å². The first kappa shape index (κ1) is 14.7. The van der Waals surface area contributed by atoms with Crippen molar-refractivity contribution in [1.29, 1.82) is 0 Å². The van der Waals surface area contributed by atoms with E-state index in [9.17, 15) is 13.2 Å². The van der Waals surface area contributed by atoms with E-state index in [2.05, 4.69) is 6.92 Å². The predicted molar refractivity (Wildman–Crippen MR) is 71.1 cm³/mol. The van der Waals surface area contributed by atoms with Crippen LogP contribution in [0.1, 0.15) is 27.2 Å². The molecule has 6 nitrogen and oxygen atoms in total. The summed E-state index contributed by atoms with van der Waals surface area (Å²) < 4.78 is 26.0. The van der Waals surface area contributed by atoms with Crippen molar-refractivity contribution in [3.05, 3.63) is 0 Å². The van der Waals surface area contributed by atoms with Gasteiger partial charge < -0.3 is 5.11 Å². The Morgan fingerprint density at radius 2 is 1.95 bits per heavy atom. The molecule has 2 atom stereocenters. The number of sulfonamides is 1. The van der Waals surface area contributed by atoms with Crippen molar-refractivity contribution in [3.63, 3.8) is 0 Å². The molecule has 2 aliphatic rings. The van der Waals surface area contributed by atoms with Crippen LogP contribution in [0.3, 0.4) is 0 Å². The van der Waals surface area contributed by atoms with Crippen molar-refractivity contribution >= 4 is 16.0 Å². The van der Waals surface area contributed by atoms with Crippen LogP contribution < -0.4 is 0 Å². The number of carboxylic acid groups (broad SMARTS) is 1. The van der Waals surface area contributed by atoms with Crippen molar-refractivity contribution in [2.24, 2.45) is 11.8 Å². The average Bonchev–Trinajstić information content (AvgIpc) is 2.96. The highest BCUT2D eigenvalue weighted by molar-refractivity contribution is 7.89. The van der Waals surface area contributed by atoms with Gasteiger partial charge in [-0.3, -0.25) is 9.69 Å². The van der Waals surface area contributed by atoms with Gasteiger partial charge in [0, 0.05) is 19.6 Å². The summed E-state index contributed by atoms with van der Waals surface area (Å²) in [6.45, 7) is 6.67. The Morgan fingerprint density at radius 3 is 2.37 bits per heavy atom. The van der Waals surface area contributed by atoms with Gasteiger partial charge in [-0.25, -0.2) is 8.42 Å². The molecule has 1 N–H and O–H groups in total. The lowest BCUT2D eigenvalue weighted by atomic mass is 10.0. The minimum absolute atomic E-state index is 0.201. The van der Waals surface area contributed by atoms with E-state index in [-0.39, 0.29) is 5.88 Å². The molecule has 1 saturated carbocycles. The highest BCUT2D eigenvalue weighted by Gasteiger charge is 2.44. The van der Waals surface area contributed by atoms with Crippen LogP contribution in [0, 0.1) is 11.8 Å². The third kappa shape index (κ3) is 2.93. The van der Waals surface area contributed by atoms with Gasteiger partial charge in [0.1, 0.15) is 11.4 Å². The van der Waals surface area contributed by atoms with Gasteiger partial charge in [0.05, 0.1) is 0 Å². The number of hydrogen-bond acceptors (Lipinski definition) is 4. The molecule has 0 amide bonds. The van der Waals surface area contributed by atoms with Crippen molar-refractivity contribution in [1.82, 2.24) is 9.21 Å². The molecule has 0 aromatic rings. The summed E-state index contributed by atoms with van der Waals surface area (Å²) in [7, 11) is -3.37. The lowest BCUT2D eigenvalue weighted by Crippen LogP contribution is -2.59. The predicted octanol–water partition coefficient (Wildman–Crippen LogP) is 0.411. The van der Waals surface area contributed by atoms with Crippen LogP contribution in [0.5, 0.6) is 0 Å². The van der Waals surface area contributed by atoms with Crippen molar-refractivity contribution in [2.45, 2.75) is 32.7 Å². The number of rotatable bonds is 4. The molecular formula is C12H22N2O4S. The Bertz CT molecular complexity index is 474. The molecule has 0 aromatic carbocycles. The third-order valence-corrected chi connectivity index (χ3v) is 6.12. The largest absolute Gasteiger partial charge is 0.480 e. The Kier molecular flexibility index (Phi) is 3.66. The van der Waals surface area contributed by atoms with E-state index in [0.29, 0.717) is 31.5 Å². The molecule has 2 unspecified atom stereocenters. The minimum Gasteiger partial charge on any atom is -0.480 e. The van der Waals surface area contributed by atoms with Gasteiger partial charge in [-0.1, -0.05) is 6.92 Å². The van der Waals surface area contributed by atoms with Gasteiger partial charge in [-0.15, -0.1) is 0 Å². The number of carboxylic acids is 1. The minimum atomic E-state index is -3.37. The molecule has 110 valence electrons. The molecule has 0 spiro atoms. The topological polar surface area (TPSA) is 77.9 Å². The zero-order valence-electron chi connectivity index (χ0n) is 11.7. The van der Waals surface area contributed by atoms with Gasteiger partial charge >= 0.3 is 5.97 Å². The standard InChI is InChI=1S/C12H22N2O4S/c1-9-6-10(9)7-14-5-4-13(8-19(14,17)18)12(2,3)11(15)16/h9-10H,4-8H2,1-3H3,(H,15,16). The molecule has 2 rings (SSSR count). The van der Waals surface area contributed by atoms with Crippen LogP contribution in [-0.2, 0) is 14.8 Å². The molecular weight excluding hydrogens is 268 g/mol. The maximum Gasteiger partial charge on any atom is 0.323 e. The third-order valence-electron chi connectivity index (χ3n) is 4.36. The van der Waals surface area contributed by atoms with E-state index in [1.807, 2.05) is 0 Å². The second kappa shape index (κ2) is 4.71. The summed E-state index contributed by atoms with van der Waals surface area (Å²) in [5, 5.41) is 9.17. The van der Waals surface area contributed by atoms with E-state index >= 15 is 0 Å². The van der Waals surface area contributed by atoms with E-state index in [0.717, 1.165) is 6.42 Å². The first-order valence-electron chi connectivity index (χ1n) is 6.61. The molecule has 0 radical (unpaired) electrons. The summed E-state index contributed by atoms with van der Waals surface area (Å²) in [4.78, 5) is 12.7. The van der Waals surface area contributed by atoms with Crippen LogP contribution in [0.15, 0.2) is 0 Å². The first-order chi connectivity index (χ1) is 8.64. The average molecular weight is 290 g/mol. The SMILES string of the molecule is CC1CC1CN1CCN(C(C)(C)C(=O)O)CS1(=O)=O. The monoisotopic (exact) mass is 290 g/mol. The summed E-state index contributed by atoms with van der Waals surface area (Å²) >= 11 is 0. The Labute approximate surface area is 114 Å². The fraction of sp³-hybridized carbons (Fsp3) is 0.917. The van der Waals surface area contributed by atoms with Gasteiger partial charge in [0.2, 0.25) is 10.0 Å². The fourth-order valence-electron chi connectivity index (χ4n) is 2.41. The molecule has 2 fully saturated rings. The highest BCUT2D eigenvalue weighted by Crippen LogP contribution is 2.39. The van der Waals surface area contributed by atoms with E-state index in [1.165, 1.54) is 9.21 Å². The molecule has 0 aromatic heterocycles. The highest BCUT2D eigenvalue weighted by atomic mass is 32.2. The zero-order chi connectivity index (χ0) is 14.4. The van der Waals surface area contributed by atoms with Crippen LogP contribution in [0.2, 0.25) is 0 Å². The smallest absolute Gasteiger partial charge is 0.323 e. The molecule has 1 saturated heterocycles. The molecule has 1 heterocycles. The van der Waals surface area contributed by atoms with Crippen molar-refractivity contribution in [2.75, 3.05) is 25.5 Å². The fourth-order valence-corrected chi connectivity index (χ4v) is 4.20. The summed E-state index contributed by atoms with van der Waals surface area (Å²) in [5.41, 5.74) is -1.15. The molecule has 19 heavy (non-hydrogen) atoms. The normalized spacial score (nSPS) is 32.2. The zero-order valence-corrected chi connectivity index (χ0v) is 12.5. The molecule has 1 aliphatic heterocycles. The Morgan fingerprint density at radius 1 is 1.37 bits per heavy atom. The number of nitrogens with zero attached hydrogens (tertiary/aromatic N) is 2. The summed E-state index contributed by atoms with van der Waals surface area (Å²) in [6.07, 6.45) is 1.09. The maximum absolute atomic E-state index is 12.2. The Hall–Kier alpha value is -0.660.